The van der Waals surface area contributed by atoms with Crippen molar-refractivity contribution in [1.29, 1.82) is 0 Å². The molecule has 4 nitrogen and oxygen atoms in total. The van der Waals surface area contributed by atoms with Crippen LogP contribution in [0.15, 0.2) is 12.4 Å². The van der Waals surface area contributed by atoms with Crippen LogP contribution in [0.2, 0.25) is 0 Å². The smallest absolute Gasteiger partial charge is 0.226 e. The van der Waals surface area contributed by atoms with E-state index in [1.165, 1.54) is 0 Å². The van der Waals surface area contributed by atoms with Gasteiger partial charge in [0, 0.05) is 25.5 Å². The largest absolute Gasteiger partial charge is 0.370 e. The van der Waals surface area contributed by atoms with Crippen LogP contribution in [0.4, 0.5) is 0 Å². The first-order chi connectivity index (χ1) is 6.83. The van der Waals surface area contributed by atoms with Crippen molar-refractivity contribution in [2.24, 2.45) is 0 Å². The van der Waals surface area contributed by atoms with Crippen molar-refractivity contribution in [1.82, 2.24) is 9.55 Å². The zero-order valence-corrected chi connectivity index (χ0v) is 8.27. The van der Waals surface area contributed by atoms with E-state index < -0.39 is 0 Å². The van der Waals surface area contributed by atoms with Crippen molar-refractivity contribution in [2.75, 3.05) is 6.61 Å². The van der Waals surface area contributed by atoms with Crippen molar-refractivity contribution in [2.45, 2.75) is 32.4 Å². The van der Waals surface area contributed by atoms with E-state index in [4.69, 9.17) is 4.74 Å². The van der Waals surface area contributed by atoms with E-state index in [-0.39, 0.29) is 11.9 Å². The maximum Gasteiger partial charge on any atom is 0.226 e. The molecule has 0 aromatic carbocycles. The van der Waals surface area contributed by atoms with Crippen molar-refractivity contribution < 1.29 is 9.53 Å². The third-order valence-corrected chi connectivity index (χ3v) is 2.50. The third-order valence-electron chi connectivity index (χ3n) is 2.50. The number of aromatic nitrogens is 2. The lowest BCUT2D eigenvalue weighted by Crippen LogP contribution is -2.23. The number of aryl methyl sites for hydroxylation is 1. The molecule has 4 heteroatoms. The van der Waals surface area contributed by atoms with Crippen molar-refractivity contribution >= 4 is 5.78 Å². The molecule has 76 valence electrons. The number of Topliss-reactive ketones (excluding diaryl/α,β-unsaturated/α-hetero) is 1. The quantitative estimate of drug-likeness (QED) is 0.680. The highest BCUT2D eigenvalue weighted by molar-refractivity contribution is 5.96. The molecule has 1 aromatic rings. The summed E-state index contributed by atoms with van der Waals surface area (Å²) in [5.41, 5.74) is 0. The zero-order chi connectivity index (χ0) is 9.97. The first kappa shape index (κ1) is 9.40. The molecule has 2 rings (SSSR count). The van der Waals surface area contributed by atoms with Crippen LogP contribution in [-0.2, 0) is 11.3 Å². The number of rotatable bonds is 3. The minimum absolute atomic E-state index is 0.0225. The van der Waals surface area contributed by atoms with Crippen LogP contribution < -0.4 is 0 Å². The SMILES string of the molecule is CCn1ccnc1C(=O)C1CCCO1. The molecule has 1 aliphatic rings. The Morgan fingerprint density at radius 2 is 2.64 bits per heavy atom. The molecule has 0 saturated carbocycles. The predicted molar refractivity (Wildman–Crippen MR) is 51.2 cm³/mol. The fourth-order valence-electron chi connectivity index (χ4n) is 1.72. The molecule has 1 fully saturated rings. The van der Waals surface area contributed by atoms with E-state index in [0.29, 0.717) is 12.4 Å². The summed E-state index contributed by atoms with van der Waals surface area (Å²) < 4.78 is 7.19. The van der Waals surface area contributed by atoms with E-state index in [1.807, 2.05) is 17.7 Å². The Bertz CT molecular complexity index is 327. The topological polar surface area (TPSA) is 44.1 Å². The van der Waals surface area contributed by atoms with Gasteiger partial charge in [0.25, 0.3) is 0 Å². The van der Waals surface area contributed by atoms with E-state index in [2.05, 4.69) is 4.98 Å². The number of imidazole rings is 1. The van der Waals surface area contributed by atoms with Gasteiger partial charge in [0.1, 0.15) is 6.10 Å². The van der Waals surface area contributed by atoms with Gasteiger partial charge in [0.2, 0.25) is 5.78 Å². The summed E-state index contributed by atoms with van der Waals surface area (Å²) in [4.78, 5) is 15.9. The maximum atomic E-state index is 11.9. The van der Waals surface area contributed by atoms with E-state index in [1.54, 1.807) is 6.20 Å². The van der Waals surface area contributed by atoms with Gasteiger partial charge in [-0.2, -0.15) is 0 Å². The van der Waals surface area contributed by atoms with Crippen LogP contribution in [-0.4, -0.2) is 28.0 Å². The monoisotopic (exact) mass is 194 g/mol. The molecule has 2 heterocycles. The summed E-state index contributed by atoms with van der Waals surface area (Å²) in [6, 6.07) is 0. The van der Waals surface area contributed by atoms with Crippen molar-refractivity contribution in [3.63, 3.8) is 0 Å². The molecule has 1 saturated heterocycles. The number of ether oxygens (including phenoxy) is 1. The van der Waals surface area contributed by atoms with Gasteiger partial charge in [-0.3, -0.25) is 4.79 Å². The standard InChI is InChI=1S/C10H14N2O2/c1-2-12-6-5-11-10(12)9(13)8-4-3-7-14-8/h5-6,8H,2-4,7H2,1H3. The number of ketones is 1. The second-order valence-corrected chi connectivity index (χ2v) is 3.40. The molecule has 0 radical (unpaired) electrons. The number of nitrogens with zero attached hydrogens (tertiary/aromatic N) is 2. The fraction of sp³-hybridized carbons (Fsp3) is 0.600. The molecule has 14 heavy (non-hydrogen) atoms. The van der Waals surface area contributed by atoms with E-state index in [9.17, 15) is 4.79 Å². The van der Waals surface area contributed by atoms with Gasteiger partial charge in [-0.1, -0.05) is 0 Å². The fourth-order valence-corrected chi connectivity index (χ4v) is 1.72. The van der Waals surface area contributed by atoms with Crippen LogP contribution in [0.5, 0.6) is 0 Å². The second-order valence-electron chi connectivity index (χ2n) is 3.40. The van der Waals surface area contributed by atoms with Gasteiger partial charge < -0.3 is 9.30 Å². The van der Waals surface area contributed by atoms with Crippen LogP contribution in [0.3, 0.4) is 0 Å². The number of hydrogen-bond acceptors (Lipinski definition) is 3. The maximum absolute atomic E-state index is 11.9. The van der Waals surface area contributed by atoms with Crippen LogP contribution >= 0.6 is 0 Å². The Morgan fingerprint density at radius 3 is 3.29 bits per heavy atom. The van der Waals surface area contributed by atoms with Crippen molar-refractivity contribution in [3.05, 3.63) is 18.2 Å². The normalized spacial score (nSPS) is 21.4. The second kappa shape index (κ2) is 3.92. The van der Waals surface area contributed by atoms with E-state index in [0.717, 1.165) is 19.4 Å². The average molecular weight is 194 g/mol. The Kier molecular flexibility index (Phi) is 2.63. The summed E-state index contributed by atoms with van der Waals surface area (Å²) in [7, 11) is 0. The average Bonchev–Trinajstić information content (AvgIpc) is 2.87. The highest BCUT2D eigenvalue weighted by Gasteiger charge is 2.27. The van der Waals surface area contributed by atoms with Gasteiger partial charge in [-0.15, -0.1) is 0 Å². The first-order valence-corrected chi connectivity index (χ1v) is 5.00. The van der Waals surface area contributed by atoms with Gasteiger partial charge >= 0.3 is 0 Å². The molecule has 0 aliphatic carbocycles. The van der Waals surface area contributed by atoms with Gasteiger partial charge in [0.05, 0.1) is 0 Å². The Morgan fingerprint density at radius 1 is 1.79 bits per heavy atom. The molecular formula is C10H14N2O2. The molecule has 1 aliphatic heterocycles. The summed E-state index contributed by atoms with van der Waals surface area (Å²) in [5.74, 6) is 0.550. The Labute approximate surface area is 82.9 Å². The predicted octanol–water partition coefficient (Wildman–Crippen LogP) is 1.26. The van der Waals surface area contributed by atoms with Crippen LogP contribution in [0, 0.1) is 0 Å². The Hall–Kier alpha value is -1.16. The third kappa shape index (κ3) is 1.57. The van der Waals surface area contributed by atoms with Gasteiger partial charge in [-0.05, 0) is 19.8 Å². The van der Waals surface area contributed by atoms with Gasteiger partial charge in [0.15, 0.2) is 5.82 Å². The minimum atomic E-state index is -0.261. The zero-order valence-electron chi connectivity index (χ0n) is 8.27. The molecule has 1 aromatic heterocycles. The lowest BCUT2D eigenvalue weighted by Gasteiger charge is -2.08. The number of carbonyl (C=O) groups is 1. The number of hydrogen-bond donors (Lipinski definition) is 0. The van der Waals surface area contributed by atoms with Gasteiger partial charge in [-0.25, -0.2) is 4.98 Å². The lowest BCUT2D eigenvalue weighted by molar-refractivity contribution is 0.0628. The first-order valence-electron chi connectivity index (χ1n) is 5.00. The molecule has 0 bridgehead atoms. The molecule has 0 N–H and O–H groups in total. The number of carbonyl (C=O) groups excluding carboxylic acids is 1. The molecule has 1 atom stereocenters. The summed E-state index contributed by atoms with van der Waals surface area (Å²) in [5, 5.41) is 0. The highest BCUT2D eigenvalue weighted by Crippen LogP contribution is 2.16. The summed E-state index contributed by atoms with van der Waals surface area (Å²) in [6.07, 6.45) is 5.02. The molecule has 1 unspecified atom stereocenters. The Balaban J connectivity index is 2.17. The van der Waals surface area contributed by atoms with E-state index >= 15 is 0 Å². The molecule has 0 amide bonds. The van der Waals surface area contributed by atoms with Crippen LogP contribution in [0.25, 0.3) is 0 Å². The summed E-state index contributed by atoms with van der Waals surface area (Å²) >= 11 is 0. The molecular weight excluding hydrogens is 180 g/mol. The molecule has 0 spiro atoms. The summed E-state index contributed by atoms with van der Waals surface area (Å²) in [6.45, 7) is 3.46. The lowest BCUT2D eigenvalue weighted by atomic mass is 10.1. The minimum Gasteiger partial charge on any atom is -0.370 e. The van der Waals surface area contributed by atoms with Crippen molar-refractivity contribution in [3.8, 4) is 0 Å². The highest BCUT2D eigenvalue weighted by atomic mass is 16.5. The van der Waals surface area contributed by atoms with Crippen LogP contribution in [0.1, 0.15) is 30.4 Å².